The van der Waals surface area contributed by atoms with Gasteiger partial charge in [0.2, 0.25) is 5.88 Å². The van der Waals surface area contributed by atoms with Gasteiger partial charge in [-0.25, -0.2) is 4.98 Å². The molecule has 0 saturated heterocycles. The summed E-state index contributed by atoms with van der Waals surface area (Å²) in [5, 5.41) is 3.48. The third-order valence-electron chi connectivity index (χ3n) is 5.19. The fourth-order valence-corrected chi connectivity index (χ4v) is 3.73. The van der Waals surface area contributed by atoms with Gasteiger partial charge in [0, 0.05) is 23.2 Å². The highest BCUT2D eigenvalue weighted by atomic mass is 16.5. The van der Waals surface area contributed by atoms with E-state index < -0.39 is 0 Å². The molecule has 5 aromatic rings. The lowest BCUT2D eigenvalue weighted by atomic mass is 10.0. The molecule has 1 aliphatic carbocycles. The van der Waals surface area contributed by atoms with E-state index in [1.54, 1.807) is 0 Å². The molecule has 3 aromatic heterocycles. The number of nitrogens with zero attached hydrogens (tertiary/aromatic N) is 2. The quantitative estimate of drug-likeness (QED) is 0.469. The molecule has 4 nitrogen and oxygen atoms in total. The lowest BCUT2D eigenvalue weighted by Crippen LogP contribution is -1.97. The molecular formula is C23H17N3O. The Bertz CT molecular complexity index is 1310. The Morgan fingerprint density at radius 3 is 2.70 bits per heavy atom. The monoisotopic (exact) mass is 351 g/mol. The van der Waals surface area contributed by atoms with Gasteiger partial charge in [-0.15, -0.1) is 0 Å². The second kappa shape index (κ2) is 5.55. The molecule has 2 aromatic carbocycles. The average Bonchev–Trinajstić information content (AvgIpc) is 3.45. The van der Waals surface area contributed by atoms with Crippen LogP contribution in [0.3, 0.4) is 0 Å². The first kappa shape index (κ1) is 14.7. The molecule has 0 bridgehead atoms. The Morgan fingerprint density at radius 1 is 0.889 bits per heavy atom. The summed E-state index contributed by atoms with van der Waals surface area (Å²) in [4.78, 5) is 13.0. The van der Waals surface area contributed by atoms with Gasteiger partial charge >= 0.3 is 0 Å². The predicted molar refractivity (Wildman–Crippen MR) is 108 cm³/mol. The van der Waals surface area contributed by atoms with Crippen LogP contribution in [0, 0.1) is 0 Å². The normalized spacial score (nSPS) is 14.2. The first-order valence-electron chi connectivity index (χ1n) is 9.29. The summed E-state index contributed by atoms with van der Waals surface area (Å²) in [6.45, 7) is 0. The number of rotatable bonds is 3. The van der Waals surface area contributed by atoms with Gasteiger partial charge in [0.25, 0.3) is 0 Å². The minimum absolute atomic E-state index is 0.341. The molecule has 3 heterocycles. The van der Waals surface area contributed by atoms with Crippen molar-refractivity contribution >= 4 is 32.7 Å². The maximum absolute atomic E-state index is 5.88. The number of H-pyrrole nitrogens is 1. The van der Waals surface area contributed by atoms with Crippen LogP contribution in [-0.2, 0) is 0 Å². The predicted octanol–water partition coefficient (Wildman–Crippen LogP) is 5.47. The topological polar surface area (TPSA) is 50.8 Å². The highest BCUT2D eigenvalue weighted by Crippen LogP contribution is 2.35. The van der Waals surface area contributed by atoms with Gasteiger partial charge in [-0.1, -0.05) is 42.5 Å². The molecule has 0 aliphatic heterocycles. The third-order valence-corrected chi connectivity index (χ3v) is 5.19. The molecule has 4 heteroatoms. The third kappa shape index (κ3) is 2.37. The first-order chi connectivity index (χ1) is 13.4. The van der Waals surface area contributed by atoms with Crippen molar-refractivity contribution in [2.45, 2.75) is 18.9 Å². The van der Waals surface area contributed by atoms with Gasteiger partial charge in [-0.05, 0) is 35.7 Å². The second-order valence-electron chi connectivity index (χ2n) is 7.10. The standard InChI is InChI=1S/C23H17N3O/c1-2-6-16-14(4-1)5-3-7-17(16)22-23-18(12-13-24-22)21-19(25-23)10-11-20(26-21)27-15-8-9-15/h1-7,10-13,15,25H,8-9H2. The Balaban J connectivity index is 1.61. The van der Waals surface area contributed by atoms with E-state index in [0.717, 1.165) is 46.0 Å². The van der Waals surface area contributed by atoms with Crippen LogP contribution < -0.4 is 4.74 Å². The Kier molecular flexibility index (Phi) is 3.03. The van der Waals surface area contributed by atoms with Crippen LogP contribution >= 0.6 is 0 Å². The highest BCUT2D eigenvalue weighted by molar-refractivity contribution is 6.11. The van der Waals surface area contributed by atoms with Gasteiger partial charge in [-0.2, -0.15) is 0 Å². The van der Waals surface area contributed by atoms with E-state index in [-0.39, 0.29) is 0 Å². The van der Waals surface area contributed by atoms with E-state index in [9.17, 15) is 0 Å². The average molecular weight is 351 g/mol. The Labute approximate surface area is 155 Å². The van der Waals surface area contributed by atoms with Crippen molar-refractivity contribution in [1.29, 1.82) is 0 Å². The zero-order chi connectivity index (χ0) is 17.8. The van der Waals surface area contributed by atoms with Gasteiger partial charge in [0.05, 0.1) is 22.2 Å². The van der Waals surface area contributed by atoms with Crippen LogP contribution in [0.4, 0.5) is 0 Å². The molecule has 6 rings (SSSR count). The van der Waals surface area contributed by atoms with Gasteiger partial charge in [-0.3, -0.25) is 4.98 Å². The summed E-state index contributed by atoms with van der Waals surface area (Å²) >= 11 is 0. The van der Waals surface area contributed by atoms with Crippen molar-refractivity contribution in [3.8, 4) is 17.1 Å². The van der Waals surface area contributed by atoms with Crippen molar-refractivity contribution in [2.75, 3.05) is 0 Å². The van der Waals surface area contributed by atoms with Crippen molar-refractivity contribution < 1.29 is 4.74 Å². The zero-order valence-electron chi connectivity index (χ0n) is 14.6. The van der Waals surface area contributed by atoms with Crippen LogP contribution in [0.25, 0.3) is 44.0 Å². The molecule has 0 amide bonds. The molecular weight excluding hydrogens is 334 g/mol. The van der Waals surface area contributed by atoms with E-state index in [0.29, 0.717) is 12.0 Å². The minimum Gasteiger partial charge on any atom is -0.474 e. The number of benzene rings is 2. The maximum atomic E-state index is 5.88. The number of fused-ring (bicyclic) bond motifs is 4. The molecule has 0 spiro atoms. The number of nitrogens with one attached hydrogen (secondary N) is 1. The number of hydrogen-bond donors (Lipinski definition) is 1. The van der Waals surface area contributed by atoms with Crippen molar-refractivity contribution in [3.05, 3.63) is 66.9 Å². The number of pyridine rings is 2. The summed E-state index contributed by atoms with van der Waals surface area (Å²) in [6, 6.07) is 20.8. The summed E-state index contributed by atoms with van der Waals surface area (Å²) in [5.41, 5.74) is 5.03. The molecule has 27 heavy (non-hydrogen) atoms. The zero-order valence-corrected chi connectivity index (χ0v) is 14.6. The number of hydrogen-bond acceptors (Lipinski definition) is 3. The van der Waals surface area contributed by atoms with Gasteiger partial charge < -0.3 is 9.72 Å². The smallest absolute Gasteiger partial charge is 0.214 e. The highest BCUT2D eigenvalue weighted by Gasteiger charge is 2.24. The summed E-state index contributed by atoms with van der Waals surface area (Å²) in [5.74, 6) is 0.703. The van der Waals surface area contributed by atoms with Crippen LogP contribution in [-0.4, -0.2) is 21.1 Å². The molecule has 1 fully saturated rings. The second-order valence-corrected chi connectivity index (χ2v) is 7.10. The molecule has 1 saturated carbocycles. The van der Waals surface area contributed by atoms with Crippen LogP contribution in [0.1, 0.15) is 12.8 Å². The molecule has 0 unspecified atom stereocenters. The maximum Gasteiger partial charge on any atom is 0.214 e. The largest absolute Gasteiger partial charge is 0.474 e. The molecule has 130 valence electrons. The van der Waals surface area contributed by atoms with E-state index in [4.69, 9.17) is 14.7 Å². The Hall–Kier alpha value is -3.40. The molecule has 0 atom stereocenters. The SMILES string of the molecule is c1ccc2c(-c3nccc4c3[nH]c3ccc(OC5CC5)nc34)cccc2c1. The first-order valence-corrected chi connectivity index (χ1v) is 9.29. The van der Waals surface area contributed by atoms with E-state index >= 15 is 0 Å². The molecule has 1 N–H and O–H groups in total. The fourth-order valence-electron chi connectivity index (χ4n) is 3.73. The van der Waals surface area contributed by atoms with Crippen LogP contribution in [0.5, 0.6) is 5.88 Å². The number of aromatic amines is 1. The number of ether oxygens (including phenoxy) is 1. The lowest BCUT2D eigenvalue weighted by Gasteiger charge is -2.07. The van der Waals surface area contributed by atoms with Crippen LogP contribution in [0.2, 0.25) is 0 Å². The lowest BCUT2D eigenvalue weighted by molar-refractivity contribution is 0.292. The molecule has 0 radical (unpaired) electrons. The fraction of sp³-hybridized carbons (Fsp3) is 0.130. The van der Waals surface area contributed by atoms with Gasteiger partial charge in [0.1, 0.15) is 6.10 Å². The van der Waals surface area contributed by atoms with Crippen LogP contribution in [0.15, 0.2) is 66.9 Å². The van der Waals surface area contributed by atoms with E-state index in [2.05, 4.69) is 47.4 Å². The van der Waals surface area contributed by atoms with Crippen molar-refractivity contribution in [2.24, 2.45) is 0 Å². The summed E-state index contributed by atoms with van der Waals surface area (Å²) in [6.07, 6.45) is 4.46. The Morgan fingerprint density at radius 2 is 1.78 bits per heavy atom. The summed E-state index contributed by atoms with van der Waals surface area (Å²) < 4.78 is 5.88. The van der Waals surface area contributed by atoms with E-state index in [1.165, 1.54) is 10.8 Å². The number of aromatic nitrogens is 3. The molecule has 1 aliphatic rings. The summed E-state index contributed by atoms with van der Waals surface area (Å²) in [7, 11) is 0. The minimum atomic E-state index is 0.341. The van der Waals surface area contributed by atoms with Crippen molar-refractivity contribution in [3.63, 3.8) is 0 Å². The van der Waals surface area contributed by atoms with E-state index in [1.807, 2.05) is 24.4 Å². The van der Waals surface area contributed by atoms with Gasteiger partial charge in [0.15, 0.2) is 0 Å². The van der Waals surface area contributed by atoms with Crippen molar-refractivity contribution in [1.82, 2.24) is 15.0 Å².